The molecular weight excluding hydrogens is 333 g/mol. The Bertz CT molecular complexity index is 734. The highest BCUT2D eigenvalue weighted by Gasteiger charge is 2.36. The summed E-state index contributed by atoms with van der Waals surface area (Å²) in [7, 11) is 0. The molecule has 2 aliphatic heterocycles. The van der Waals surface area contributed by atoms with Gasteiger partial charge in [0, 0.05) is 38.0 Å². The number of nitrogens with zero attached hydrogens (tertiary/aromatic N) is 3. The maximum Gasteiger partial charge on any atom is 0.150 e. The minimum atomic E-state index is -1.07. The van der Waals surface area contributed by atoms with Gasteiger partial charge in [-0.15, -0.1) is 0 Å². The van der Waals surface area contributed by atoms with Crippen LogP contribution in [0.25, 0.3) is 0 Å². The predicted octanol–water partition coefficient (Wildman–Crippen LogP) is 3.20. The Balaban J connectivity index is 1.40. The standard InChI is InChI=1S/C20H26FN3O2/c21-18-6-2-1-5-17(18)20(25)9-12-23(13-10-20)15-16-8-11-22-24(16)19-7-3-4-14-26-19/h1-2,5-6,8,11,19,25H,3-4,7,9-10,12-15H2/t19-/m0/s1. The van der Waals surface area contributed by atoms with Crippen molar-refractivity contribution in [2.45, 2.75) is 50.5 Å². The monoisotopic (exact) mass is 359 g/mol. The molecule has 1 aromatic carbocycles. The van der Waals surface area contributed by atoms with Crippen molar-refractivity contribution in [3.8, 4) is 0 Å². The van der Waals surface area contributed by atoms with Gasteiger partial charge >= 0.3 is 0 Å². The molecule has 0 bridgehead atoms. The molecule has 0 aliphatic carbocycles. The maximum atomic E-state index is 14.1. The molecule has 0 saturated carbocycles. The van der Waals surface area contributed by atoms with Crippen molar-refractivity contribution < 1.29 is 14.2 Å². The first-order chi connectivity index (χ1) is 12.7. The zero-order valence-electron chi connectivity index (χ0n) is 15.0. The molecule has 1 aromatic heterocycles. The largest absolute Gasteiger partial charge is 0.385 e. The quantitative estimate of drug-likeness (QED) is 0.911. The molecule has 0 radical (unpaired) electrons. The number of rotatable bonds is 4. The summed E-state index contributed by atoms with van der Waals surface area (Å²) in [5.74, 6) is -0.323. The fourth-order valence-electron chi connectivity index (χ4n) is 4.06. The van der Waals surface area contributed by atoms with Crippen LogP contribution in [0.2, 0.25) is 0 Å². The lowest BCUT2D eigenvalue weighted by molar-refractivity contribution is -0.0462. The molecule has 2 fully saturated rings. The first-order valence-electron chi connectivity index (χ1n) is 9.49. The van der Waals surface area contributed by atoms with Gasteiger partial charge in [-0.3, -0.25) is 4.90 Å². The lowest BCUT2D eigenvalue weighted by Gasteiger charge is -2.38. The Morgan fingerprint density at radius 1 is 1.19 bits per heavy atom. The second kappa shape index (κ2) is 7.47. The fourth-order valence-corrected chi connectivity index (χ4v) is 4.06. The van der Waals surface area contributed by atoms with Crippen molar-refractivity contribution in [3.63, 3.8) is 0 Å². The van der Waals surface area contributed by atoms with E-state index in [1.54, 1.807) is 18.2 Å². The molecule has 2 saturated heterocycles. The summed E-state index contributed by atoms with van der Waals surface area (Å²) in [6.45, 7) is 3.01. The Hall–Kier alpha value is -1.76. The van der Waals surface area contributed by atoms with Crippen molar-refractivity contribution in [2.75, 3.05) is 19.7 Å². The number of aliphatic hydroxyl groups is 1. The Morgan fingerprint density at radius 2 is 2.00 bits per heavy atom. The zero-order chi connectivity index (χ0) is 18.0. The van der Waals surface area contributed by atoms with Gasteiger partial charge in [-0.2, -0.15) is 5.10 Å². The minimum absolute atomic E-state index is 0.0360. The van der Waals surface area contributed by atoms with Crippen LogP contribution in [0.4, 0.5) is 4.39 Å². The van der Waals surface area contributed by atoms with Crippen LogP contribution in [-0.4, -0.2) is 39.5 Å². The third-order valence-electron chi connectivity index (χ3n) is 5.62. The van der Waals surface area contributed by atoms with E-state index >= 15 is 0 Å². The van der Waals surface area contributed by atoms with Crippen LogP contribution in [0.5, 0.6) is 0 Å². The van der Waals surface area contributed by atoms with Crippen molar-refractivity contribution in [1.29, 1.82) is 0 Å². The maximum absolute atomic E-state index is 14.1. The smallest absolute Gasteiger partial charge is 0.150 e. The lowest BCUT2D eigenvalue weighted by Crippen LogP contribution is -2.43. The number of piperidine rings is 1. The zero-order valence-corrected chi connectivity index (χ0v) is 15.0. The minimum Gasteiger partial charge on any atom is -0.385 e. The molecule has 0 spiro atoms. The van der Waals surface area contributed by atoms with Crippen molar-refractivity contribution in [2.24, 2.45) is 0 Å². The number of likely N-dealkylation sites (tertiary alicyclic amines) is 1. The number of hydrogen-bond donors (Lipinski definition) is 1. The van der Waals surface area contributed by atoms with E-state index in [0.717, 1.165) is 44.8 Å². The summed E-state index contributed by atoms with van der Waals surface area (Å²) < 4.78 is 21.9. The highest BCUT2D eigenvalue weighted by atomic mass is 19.1. The second-order valence-electron chi connectivity index (χ2n) is 7.38. The average molecular weight is 359 g/mol. The fraction of sp³-hybridized carbons (Fsp3) is 0.550. The van der Waals surface area contributed by atoms with Crippen LogP contribution in [0.1, 0.15) is 49.6 Å². The average Bonchev–Trinajstić information content (AvgIpc) is 3.13. The SMILES string of the molecule is OC1(c2ccccc2F)CCN(Cc2ccnn2[C@@H]2CCCCO2)CC1. The first-order valence-corrected chi connectivity index (χ1v) is 9.49. The molecule has 3 heterocycles. The van der Waals surface area contributed by atoms with Gasteiger partial charge in [0.2, 0.25) is 0 Å². The molecule has 1 N–H and O–H groups in total. The van der Waals surface area contributed by atoms with E-state index in [4.69, 9.17) is 4.74 Å². The lowest BCUT2D eigenvalue weighted by atomic mass is 9.84. The Morgan fingerprint density at radius 3 is 2.73 bits per heavy atom. The van der Waals surface area contributed by atoms with Gasteiger partial charge in [0.25, 0.3) is 0 Å². The Kier molecular flexibility index (Phi) is 5.07. The van der Waals surface area contributed by atoms with E-state index in [1.807, 2.05) is 16.9 Å². The van der Waals surface area contributed by atoms with Crippen molar-refractivity contribution in [1.82, 2.24) is 14.7 Å². The van der Waals surface area contributed by atoms with Gasteiger partial charge in [-0.05, 0) is 44.2 Å². The van der Waals surface area contributed by atoms with Crippen LogP contribution in [0.15, 0.2) is 36.5 Å². The number of benzene rings is 1. The van der Waals surface area contributed by atoms with Crippen LogP contribution >= 0.6 is 0 Å². The van der Waals surface area contributed by atoms with E-state index in [2.05, 4.69) is 10.00 Å². The summed E-state index contributed by atoms with van der Waals surface area (Å²) in [5, 5.41) is 15.4. The van der Waals surface area contributed by atoms with Gasteiger partial charge in [0.15, 0.2) is 6.23 Å². The van der Waals surface area contributed by atoms with Gasteiger partial charge in [0.05, 0.1) is 11.3 Å². The molecule has 4 rings (SSSR count). The van der Waals surface area contributed by atoms with Gasteiger partial charge in [-0.1, -0.05) is 18.2 Å². The van der Waals surface area contributed by atoms with E-state index < -0.39 is 5.60 Å². The third-order valence-corrected chi connectivity index (χ3v) is 5.62. The van der Waals surface area contributed by atoms with Gasteiger partial charge in [0.1, 0.15) is 5.82 Å². The molecule has 5 nitrogen and oxygen atoms in total. The summed E-state index contributed by atoms with van der Waals surface area (Å²) in [4.78, 5) is 2.30. The normalized spacial score (nSPS) is 23.8. The van der Waals surface area contributed by atoms with Crippen LogP contribution in [0.3, 0.4) is 0 Å². The van der Waals surface area contributed by atoms with Crippen LogP contribution in [-0.2, 0) is 16.9 Å². The van der Waals surface area contributed by atoms with Crippen LogP contribution in [0, 0.1) is 5.82 Å². The van der Waals surface area contributed by atoms with E-state index in [0.29, 0.717) is 18.4 Å². The molecule has 140 valence electrons. The number of ether oxygens (including phenoxy) is 1. The van der Waals surface area contributed by atoms with Gasteiger partial charge in [-0.25, -0.2) is 9.07 Å². The number of hydrogen-bond acceptors (Lipinski definition) is 4. The molecule has 26 heavy (non-hydrogen) atoms. The van der Waals surface area contributed by atoms with E-state index in [-0.39, 0.29) is 12.0 Å². The summed E-state index contributed by atoms with van der Waals surface area (Å²) >= 11 is 0. The topological polar surface area (TPSA) is 50.5 Å². The van der Waals surface area contributed by atoms with Crippen molar-refractivity contribution >= 4 is 0 Å². The highest BCUT2D eigenvalue weighted by Crippen LogP contribution is 2.35. The van der Waals surface area contributed by atoms with Crippen molar-refractivity contribution in [3.05, 3.63) is 53.6 Å². The summed E-state index contributed by atoms with van der Waals surface area (Å²) in [5.41, 5.74) is 0.475. The summed E-state index contributed by atoms with van der Waals surface area (Å²) in [6.07, 6.45) is 6.21. The van der Waals surface area contributed by atoms with Gasteiger partial charge < -0.3 is 9.84 Å². The first kappa shape index (κ1) is 17.6. The third kappa shape index (κ3) is 3.54. The van der Waals surface area contributed by atoms with E-state index in [9.17, 15) is 9.50 Å². The summed E-state index contributed by atoms with van der Waals surface area (Å²) in [6, 6.07) is 8.59. The molecule has 2 aliphatic rings. The van der Waals surface area contributed by atoms with Crippen LogP contribution < -0.4 is 0 Å². The molecule has 1 atom stereocenters. The van der Waals surface area contributed by atoms with E-state index in [1.165, 1.54) is 12.5 Å². The molecule has 0 amide bonds. The second-order valence-corrected chi connectivity index (χ2v) is 7.38. The predicted molar refractivity (Wildman–Crippen MR) is 95.9 cm³/mol. The number of aromatic nitrogens is 2. The molecule has 6 heteroatoms. The number of halogens is 1. The highest BCUT2D eigenvalue weighted by molar-refractivity contribution is 5.25. The molecule has 2 aromatic rings. The molecule has 0 unspecified atom stereocenters. The Labute approximate surface area is 153 Å². The molecular formula is C20H26FN3O2.